The van der Waals surface area contributed by atoms with Gasteiger partial charge in [0.25, 0.3) is 5.69 Å². The van der Waals surface area contributed by atoms with Gasteiger partial charge in [-0.3, -0.25) is 14.9 Å². The zero-order chi connectivity index (χ0) is 13.8. The van der Waals surface area contributed by atoms with Gasteiger partial charge >= 0.3 is 6.36 Å². The second-order valence-electron chi connectivity index (χ2n) is 3.14. The van der Waals surface area contributed by atoms with Crippen LogP contribution in [0.4, 0.5) is 24.5 Å². The minimum absolute atomic E-state index is 0.125. The summed E-state index contributed by atoms with van der Waals surface area (Å²) < 4.78 is 39.2. The highest BCUT2D eigenvalue weighted by molar-refractivity contribution is 9.10. The van der Waals surface area contributed by atoms with E-state index in [9.17, 15) is 23.3 Å². The largest absolute Gasteiger partial charge is 0.522 e. The summed E-state index contributed by atoms with van der Waals surface area (Å²) in [6, 6.07) is 4.12. The lowest BCUT2D eigenvalue weighted by Gasteiger charge is -2.09. The van der Waals surface area contributed by atoms with Gasteiger partial charge in [-0.1, -0.05) is 15.9 Å². The molecule has 0 heterocycles. The maximum Gasteiger partial charge on any atom is 0.522 e. The molecule has 18 heavy (non-hydrogen) atoms. The number of halogens is 4. The zero-order valence-electron chi connectivity index (χ0n) is 8.83. The Bertz CT molecular complexity index is 440. The molecule has 1 N–H and O–H groups in total. The van der Waals surface area contributed by atoms with Crippen molar-refractivity contribution >= 4 is 27.3 Å². The van der Waals surface area contributed by atoms with Crippen molar-refractivity contribution in [3.8, 4) is 0 Å². The number of rotatable bonds is 5. The first-order chi connectivity index (χ1) is 8.29. The van der Waals surface area contributed by atoms with E-state index >= 15 is 0 Å². The number of nitro benzene ring substituents is 1. The van der Waals surface area contributed by atoms with Gasteiger partial charge in [0, 0.05) is 17.1 Å². The van der Waals surface area contributed by atoms with Crippen molar-refractivity contribution in [3.05, 3.63) is 32.8 Å². The van der Waals surface area contributed by atoms with E-state index < -0.39 is 17.9 Å². The monoisotopic (exact) mass is 328 g/mol. The van der Waals surface area contributed by atoms with Gasteiger partial charge in [0.15, 0.2) is 0 Å². The fourth-order valence-electron chi connectivity index (χ4n) is 1.16. The van der Waals surface area contributed by atoms with Crippen LogP contribution in [0.5, 0.6) is 0 Å². The predicted octanol–water partition coefficient (Wildman–Crippen LogP) is 3.31. The average molecular weight is 329 g/mol. The SMILES string of the molecule is O=[N+]([O-])c1ccc(Br)cc1NCCOC(F)(F)F. The van der Waals surface area contributed by atoms with Crippen molar-refractivity contribution < 1.29 is 22.8 Å². The highest BCUT2D eigenvalue weighted by Gasteiger charge is 2.28. The van der Waals surface area contributed by atoms with Crippen molar-refractivity contribution in [1.29, 1.82) is 0 Å². The first-order valence-electron chi connectivity index (χ1n) is 4.68. The molecule has 9 heteroatoms. The lowest BCUT2D eigenvalue weighted by atomic mass is 10.2. The minimum Gasteiger partial charge on any atom is -0.377 e. The Morgan fingerprint density at radius 2 is 2.11 bits per heavy atom. The summed E-state index contributed by atoms with van der Waals surface area (Å²) in [5.74, 6) is 0. The van der Waals surface area contributed by atoms with E-state index in [4.69, 9.17) is 0 Å². The minimum atomic E-state index is -4.70. The van der Waals surface area contributed by atoms with Crippen LogP contribution in [-0.4, -0.2) is 24.4 Å². The Labute approximate surface area is 108 Å². The Hall–Kier alpha value is -1.35. The molecule has 0 radical (unpaired) electrons. The fourth-order valence-corrected chi connectivity index (χ4v) is 1.52. The van der Waals surface area contributed by atoms with Crippen molar-refractivity contribution in [2.24, 2.45) is 0 Å². The average Bonchev–Trinajstić information content (AvgIpc) is 2.22. The van der Waals surface area contributed by atoms with Crippen molar-refractivity contribution in [1.82, 2.24) is 0 Å². The lowest BCUT2D eigenvalue weighted by Crippen LogP contribution is -2.19. The van der Waals surface area contributed by atoms with Crippen LogP contribution in [0.3, 0.4) is 0 Å². The quantitative estimate of drug-likeness (QED) is 0.511. The first kappa shape index (κ1) is 14.7. The van der Waals surface area contributed by atoms with Crippen LogP contribution < -0.4 is 5.32 Å². The third-order valence-electron chi connectivity index (χ3n) is 1.84. The molecule has 0 saturated heterocycles. The molecule has 0 aliphatic carbocycles. The van der Waals surface area contributed by atoms with Crippen LogP contribution in [-0.2, 0) is 4.74 Å². The van der Waals surface area contributed by atoms with Crippen LogP contribution in [0.15, 0.2) is 22.7 Å². The lowest BCUT2D eigenvalue weighted by molar-refractivity contribution is -0.384. The molecular weight excluding hydrogens is 321 g/mol. The summed E-state index contributed by atoms with van der Waals surface area (Å²) in [7, 11) is 0. The molecule has 0 fully saturated rings. The topological polar surface area (TPSA) is 64.4 Å². The number of anilines is 1. The predicted molar refractivity (Wildman–Crippen MR) is 61.3 cm³/mol. The molecule has 0 bridgehead atoms. The van der Waals surface area contributed by atoms with Crippen molar-refractivity contribution in [2.75, 3.05) is 18.5 Å². The van der Waals surface area contributed by atoms with E-state index in [1.165, 1.54) is 18.2 Å². The molecule has 0 aliphatic heterocycles. The third-order valence-corrected chi connectivity index (χ3v) is 2.33. The summed E-state index contributed by atoms with van der Waals surface area (Å²) in [6.45, 7) is -0.829. The number of nitrogens with one attached hydrogen (secondary N) is 1. The van der Waals surface area contributed by atoms with Crippen LogP contribution in [0, 0.1) is 10.1 Å². The van der Waals surface area contributed by atoms with Crippen LogP contribution in [0.25, 0.3) is 0 Å². The van der Waals surface area contributed by atoms with E-state index in [-0.39, 0.29) is 17.9 Å². The van der Waals surface area contributed by atoms with E-state index in [2.05, 4.69) is 26.0 Å². The maximum atomic E-state index is 11.7. The van der Waals surface area contributed by atoms with Gasteiger partial charge < -0.3 is 5.32 Å². The van der Waals surface area contributed by atoms with Gasteiger partial charge in [-0.05, 0) is 12.1 Å². The van der Waals surface area contributed by atoms with Crippen LogP contribution in [0.1, 0.15) is 0 Å². The molecule has 0 spiro atoms. The van der Waals surface area contributed by atoms with Crippen LogP contribution in [0.2, 0.25) is 0 Å². The maximum absolute atomic E-state index is 11.7. The molecule has 100 valence electrons. The van der Waals surface area contributed by atoms with Gasteiger partial charge in [-0.2, -0.15) is 0 Å². The van der Waals surface area contributed by atoms with E-state index in [1.807, 2.05) is 0 Å². The summed E-state index contributed by atoms with van der Waals surface area (Å²) in [6.07, 6.45) is -4.70. The molecule has 0 aromatic heterocycles. The summed E-state index contributed by atoms with van der Waals surface area (Å²) in [4.78, 5) is 10.0. The van der Waals surface area contributed by atoms with Crippen molar-refractivity contribution in [2.45, 2.75) is 6.36 Å². The molecule has 5 nitrogen and oxygen atoms in total. The number of hydrogen-bond donors (Lipinski definition) is 1. The molecule has 0 saturated carbocycles. The third kappa shape index (κ3) is 4.88. The fraction of sp³-hybridized carbons (Fsp3) is 0.333. The number of hydrogen-bond acceptors (Lipinski definition) is 4. The van der Waals surface area contributed by atoms with Gasteiger partial charge in [0.2, 0.25) is 0 Å². The Balaban J connectivity index is 2.61. The molecule has 0 amide bonds. The van der Waals surface area contributed by atoms with Gasteiger partial charge in [0.1, 0.15) is 5.69 Å². The van der Waals surface area contributed by atoms with Gasteiger partial charge in [-0.15, -0.1) is 13.2 Å². The number of nitro groups is 1. The number of ether oxygens (including phenoxy) is 1. The summed E-state index contributed by atoms with van der Waals surface area (Å²) >= 11 is 3.11. The standard InChI is InChI=1S/C9H8BrF3N2O3/c10-6-1-2-8(15(16)17)7(5-6)14-3-4-18-9(11,12)13/h1-2,5,14H,3-4H2. The normalized spacial score (nSPS) is 11.3. The molecular formula is C9H8BrF3N2O3. The van der Waals surface area contributed by atoms with Crippen molar-refractivity contribution in [3.63, 3.8) is 0 Å². The Kier molecular flexibility index (Phi) is 4.91. The zero-order valence-corrected chi connectivity index (χ0v) is 10.4. The van der Waals surface area contributed by atoms with E-state index in [1.54, 1.807) is 0 Å². The smallest absolute Gasteiger partial charge is 0.377 e. The molecule has 0 unspecified atom stereocenters. The molecule has 0 atom stereocenters. The number of nitrogens with zero attached hydrogens (tertiary/aromatic N) is 1. The highest BCUT2D eigenvalue weighted by Crippen LogP contribution is 2.27. The second-order valence-corrected chi connectivity index (χ2v) is 4.06. The Morgan fingerprint density at radius 3 is 2.67 bits per heavy atom. The molecule has 1 aromatic rings. The molecule has 0 aliphatic rings. The van der Waals surface area contributed by atoms with E-state index in [0.29, 0.717) is 4.47 Å². The van der Waals surface area contributed by atoms with E-state index in [0.717, 1.165) is 0 Å². The molecule has 1 aromatic carbocycles. The summed E-state index contributed by atoms with van der Waals surface area (Å²) in [5, 5.41) is 13.2. The van der Waals surface area contributed by atoms with Gasteiger partial charge in [-0.25, -0.2) is 0 Å². The van der Waals surface area contributed by atoms with Gasteiger partial charge in [0.05, 0.1) is 11.5 Å². The highest BCUT2D eigenvalue weighted by atomic mass is 79.9. The Morgan fingerprint density at radius 1 is 1.44 bits per heavy atom. The molecule has 1 rings (SSSR count). The number of benzene rings is 1. The first-order valence-corrected chi connectivity index (χ1v) is 5.47. The van der Waals surface area contributed by atoms with Crippen LogP contribution >= 0.6 is 15.9 Å². The number of alkyl halides is 3. The second kappa shape index (κ2) is 6.01. The summed E-state index contributed by atoms with van der Waals surface area (Å²) in [5.41, 5.74) is -0.0923.